The van der Waals surface area contributed by atoms with E-state index < -0.39 is 23.0 Å². The SMILES string of the molecule is COc1ccccc1NC(=O)Cn1c(=O)n(Cc2ccc(F)cc2)c(=O)c2sc3ncccc3c21. The fourth-order valence-electron chi connectivity index (χ4n) is 3.92. The molecule has 1 N–H and O–H groups in total. The number of pyridine rings is 1. The average Bonchev–Trinajstić information content (AvgIpc) is 3.26. The van der Waals surface area contributed by atoms with E-state index >= 15 is 0 Å². The fourth-order valence-corrected chi connectivity index (χ4v) is 5.02. The number of aromatic nitrogens is 3. The van der Waals surface area contributed by atoms with E-state index in [9.17, 15) is 18.8 Å². The van der Waals surface area contributed by atoms with Crippen LogP contribution < -0.4 is 21.3 Å². The number of carbonyl (C=O) groups is 1. The number of para-hydroxylation sites is 2. The maximum absolute atomic E-state index is 13.6. The van der Waals surface area contributed by atoms with Crippen LogP contribution in [0.1, 0.15) is 5.56 Å². The Morgan fingerprint density at radius 1 is 1.06 bits per heavy atom. The summed E-state index contributed by atoms with van der Waals surface area (Å²) in [4.78, 5) is 44.8. The first-order chi connectivity index (χ1) is 17.0. The first kappa shape index (κ1) is 22.5. The normalized spacial score (nSPS) is 11.1. The van der Waals surface area contributed by atoms with E-state index in [2.05, 4.69) is 10.3 Å². The number of anilines is 1. The highest BCUT2D eigenvalue weighted by atomic mass is 32.1. The van der Waals surface area contributed by atoms with Gasteiger partial charge in [0.2, 0.25) is 5.91 Å². The van der Waals surface area contributed by atoms with Crippen LogP contribution in [0.15, 0.2) is 76.4 Å². The van der Waals surface area contributed by atoms with Gasteiger partial charge in [0.15, 0.2) is 0 Å². The van der Waals surface area contributed by atoms with Gasteiger partial charge in [-0.1, -0.05) is 24.3 Å². The maximum Gasteiger partial charge on any atom is 0.332 e. The van der Waals surface area contributed by atoms with Crippen molar-refractivity contribution in [2.75, 3.05) is 12.4 Å². The van der Waals surface area contributed by atoms with Gasteiger partial charge in [0.25, 0.3) is 5.56 Å². The topological polar surface area (TPSA) is 95.2 Å². The molecule has 35 heavy (non-hydrogen) atoms. The summed E-state index contributed by atoms with van der Waals surface area (Å²) < 4.78 is 21.3. The Morgan fingerprint density at radius 3 is 2.60 bits per heavy atom. The second kappa shape index (κ2) is 9.15. The van der Waals surface area contributed by atoms with E-state index in [0.29, 0.717) is 37.4 Å². The summed E-state index contributed by atoms with van der Waals surface area (Å²) >= 11 is 1.16. The first-order valence-corrected chi connectivity index (χ1v) is 11.5. The molecule has 0 saturated heterocycles. The Balaban J connectivity index is 1.64. The number of fused-ring (bicyclic) bond motifs is 3. The van der Waals surface area contributed by atoms with Crippen molar-refractivity contribution < 1.29 is 13.9 Å². The molecule has 0 fully saturated rings. The van der Waals surface area contributed by atoms with Crippen LogP contribution in [0.25, 0.3) is 20.4 Å². The molecule has 0 atom stereocenters. The molecule has 176 valence electrons. The van der Waals surface area contributed by atoms with Crippen molar-refractivity contribution in [1.29, 1.82) is 0 Å². The zero-order valence-corrected chi connectivity index (χ0v) is 19.3. The third-order valence-corrected chi connectivity index (χ3v) is 6.64. The van der Waals surface area contributed by atoms with Gasteiger partial charge in [-0.25, -0.2) is 14.2 Å². The maximum atomic E-state index is 13.6. The number of hydrogen-bond donors (Lipinski definition) is 1. The molecule has 0 bridgehead atoms. The molecule has 0 radical (unpaired) electrons. The van der Waals surface area contributed by atoms with Crippen LogP contribution in [-0.4, -0.2) is 27.1 Å². The minimum absolute atomic E-state index is 0.0658. The molecule has 0 aliphatic heterocycles. The molecule has 5 rings (SSSR count). The standard InChI is InChI=1S/C25H19FN4O4S/c1-34-19-7-3-2-6-18(19)28-20(31)14-29-21-17-5-4-12-27-23(17)35-22(21)24(32)30(25(29)33)13-15-8-10-16(26)11-9-15/h2-12H,13-14H2,1H3,(H,28,31). The van der Waals surface area contributed by atoms with E-state index in [4.69, 9.17) is 4.74 Å². The number of carbonyl (C=O) groups excluding carboxylic acids is 1. The second-order valence-corrected chi connectivity index (χ2v) is 8.77. The molecule has 10 heteroatoms. The van der Waals surface area contributed by atoms with Gasteiger partial charge in [0.1, 0.15) is 27.6 Å². The molecule has 1 amide bonds. The Labute approximate surface area is 201 Å². The number of amides is 1. The van der Waals surface area contributed by atoms with Gasteiger partial charge in [0, 0.05) is 11.6 Å². The monoisotopic (exact) mass is 490 g/mol. The number of methoxy groups -OCH3 is 1. The number of rotatable bonds is 6. The second-order valence-electron chi connectivity index (χ2n) is 7.77. The van der Waals surface area contributed by atoms with Crippen molar-refractivity contribution in [2.45, 2.75) is 13.1 Å². The number of nitrogens with zero attached hydrogens (tertiary/aromatic N) is 3. The molecule has 3 heterocycles. The predicted molar refractivity (Wildman–Crippen MR) is 133 cm³/mol. The summed E-state index contributed by atoms with van der Waals surface area (Å²) in [5, 5.41) is 3.38. The smallest absolute Gasteiger partial charge is 0.332 e. The Bertz CT molecular complexity index is 1690. The molecule has 0 spiro atoms. The third kappa shape index (κ3) is 4.19. The average molecular weight is 491 g/mol. The summed E-state index contributed by atoms with van der Waals surface area (Å²) in [6.45, 7) is -0.401. The number of benzene rings is 2. The van der Waals surface area contributed by atoms with Gasteiger partial charge in [-0.3, -0.25) is 18.7 Å². The quantitative estimate of drug-likeness (QED) is 0.392. The van der Waals surface area contributed by atoms with Crippen LogP contribution in [0.5, 0.6) is 5.75 Å². The largest absolute Gasteiger partial charge is 0.495 e. The summed E-state index contributed by atoms with van der Waals surface area (Å²) in [7, 11) is 1.49. The van der Waals surface area contributed by atoms with Gasteiger partial charge in [-0.2, -0.15) is 0 Å². The summed E-state index contributed by atoms with van der Waals surface area (Å²) in [5.74, 6) is -0.407. The van der Waals surface area contributed by atoms with Gasteiger partial charge >= 0.3 is 5.69 Å². The molecular weight excluding hydrogens is 471 g/mol. The lowest BCUT2D eigenvalue weighted by molar-refractivity contribution is -0.116. The minimum atomic E-state index is -0.648. The van der Waals surface area contributed by atoms with Gasteiger partial charge < -0.3 is 10.1 Å². The van der Waals surface area contributed by atoms with Crippen LogP contribution >= 0.6 is 11.3 Å². The number of ether oxygens (including phenoxy) is 1. The van der Waals surface area contributed by atoms with Crippen molar-refractivity contribution in [3.8, 4) is 5.75 Å². The van der Waals surface area contributed by atoms with Crippen molar-refractivity contribution in [3.05, 3.63) is 99.1 Å². The highest BCUT2D eigenvalue weighted by molar-refractivity contribution is 7.25. The van der Waals surface area contributed by atoms with Crippen LogP contribution in [0.3, 0.4) is 0 Å². The fraction of sp³-hybridized carbons (Fsp3) is 0.120. The van der Waals surface area contributed by atoms with Gasteiger partial charge in [-0.05, 0) is 42.0 Å². The summed E-state index contributed by atoms with van der Waals surface area (Å²) in [6.07, 6.45) is 1.60. The molecular formula is C25H19FN4O4S. The number of hydrogen-bond acceptors (Lipinski definition) is 6. The molecule has 0 saturated carbocycles. The van der Waals surface area contributed by atoms with E-state index in [1.165, 1.54) is 35.9 Å². The third-order valence-electron chi connectivity index (χ3n) is 5.55. The van der Waals surface area contributed by atoms with Crippen molar-refractivity contribution in [3.63, 3.8) is 0 Å². The number of thiophene rings is 1. The predicted octanol–water partition coefficient (Wildman–Crippen LogP) is 3.61. The molecule has 2 aromatic carbocycles. The molecule has 5 aromatic rings. The van der Waals surface area contributed by atoms with Crippen LogP contribution in [0, 0.1) is 5.82 Å². The number of halogens is 1. The Hall–Kier alpha value is -4.31. The minimum Gasteiger partial charge on any atom is -0.495 e. The highest BCUT2D eigenvalue weighted by Crippen LogP contribution is 2.29. The van der Waals surface area contributed by atoms with E-state index in [1.807, 2.05) is 0 Å². The zero-order chi connectivity index (χ0) is 24.5. The van der Waals surface area contributed by atoms with E-state index in [-0.39, 0.29) is 13.1 Å². The highest BCUT2D eigenvalue weighted by Gasteiger charge is 2.21. The molecule has 0 unspecified atom stereocenters. The molecule has 0 aliphatic rings. The summed E-state index contributed by atoms with van der Waals surface area (Å²) in [6, 6.07) is 16.0. The van der Waals surface area contributed by atoms with Crippen LogP contribution in [-0.2, 0) is 17.9 Å². The van der Waals surface area contributed by atoms with Crippen molar-refractivity contribution in [1.82, 2.24) is 14.1 Å². The lowest BCUT2D eigenvalue weighted by Gasteiger charge is -2.14. The van der Waals surface area contributed by atoms with Crippen molar-refractivity contribution >= 4 is 43.4 Å². The van der Waals surface area contributed by atoms with Crippen molar-refractivity contribution in [2.24, 2.45) is 0 Å². The Kier molecular flexibility index (Phi) is 5.87. The van der Waals surface area contributed by atoms with Crippen LogP contribution in [0.4, 0.5) is 10.1 Å². The lowest BCUT2D eigenvalue weighted by Crippen LogP contribution is -2.41. The first-order valence-electron chi connectivity index (χ1n) is 10.6. The van der Waals surface area contributed by atoms with Gasteiger partial charge in [-0.15, -0.1) is 11.3 Å². The molecule has 0 aliphatic carbocycles. The lowest BCUT2D eigenvalue weighted by atomic mass is 10.2. The van der Waals surface area contributed by atoms with Gasteiger partial charge in [0.05, 0.1) is 24.9 Å². The van der Waals surface area contributed by atoms with E-state index in [1.54, 1.807) is 42.6 Å². The van der Waals surface area contributed by atoms with E-state index in [0.717, 1.165) is 15.9 Å². The molecule has 8 nitrogen and oxygen atoms in total. The number of nitrogens with one attached hydrogen (secondary N) is 1. The zero-order valence-electron chi connectivity index (χ0n) is 18.5. The Morgan fingerprint density at radius 2 is 1.83 bits per heavy atom. The van der Waals surface area contributed by atoms with Crippen LogP contribution in [0.2, 0.25) is 0 Å². The molecule has 3 aromatic heterocycles. The summed E-state index contributed by atoms with van der Waals surface area (Å²) in [5.41, 5.74) is 0.262.